The molecular weight excluding hydrogens is 252 g/mol. The van der Waals surface area contributed by atoms with Crippen LogP contribution in [0.25, 0.3) is 0 Å². The largest absolute Gasteiger partial charge is 0.386 e. The van der Waals surface area contributed by atoms with Crippen molar-refractivity contribution in [3.8, 4) is 0 Å². The first-order chi connectivity index (χ1) is 9.49. The van der Waals surface area contributed by atoms with Gasteiger partial charge in [-0.05, 0) is 23.5 Å². The van der Waals surface area contributed by atoms with Crippen LogP contribution in [-0.4, -0.2) is 40.6 Å². The van der Waals surface area contributed by atoms with Crippen LogP contribution < -0.4 is 5.32 Å². The highest BCUT2D eigenvalue weighted by molar-refractivity contribution is 5.83. The summed E-state index contributed by atoms with van der Waals surface area (Å²) in [5.74, 6) is 0.302. The van der Waals surface area contributed by atoms with E-state index < -0.39 is 5.60 Å². The molecular formula is C16H22N2O2. The third-order valence-corrected chi connectivity index (χ3v) is 4.70. The Hall–Kier alpha value is -1.39. The molecule has 1 aromatic carbocycles. The zero-order valence-corrected chi connectivity index (χ0v) is 12.1. The van der Waals surface area contributed by atoms with Crippen molar-refractivity contribution in [2.45, 2.75) is 38.5 Å². The van der Waals surface area contributed by atoms with E-state index >= 15 is 0 Å². The summed E-state index contributed by atoms with van der Waals surface area (Å²) in [6.07, 6.45) is 0.742. The molecule has 2 aliphatic heterocycles. The van der Waals surface area contributed by atoms with Crippen molar-refractivity contribution in [1.82, 2.24) is 10.2 Å². The number of fused-ring (bicyclic) bond motifs is 1. The molecule has 2 N–H and O–H groups in total. The van der Waals surface area contributed by atoms with Crippen molar-refractivity contribution in [2.24, 2.45) is 5.92 Å². The topological polar surface area (TPSA) is 52.6 Å². The SMILES string of the molecule is CC(C)C1(O)CN(C(=O)[C@@H]2Cc3ccccc3CN2)C1. The number of hydrogen-bond donors (Lipinski definition) is 2. The maximum absolute atomic E-state index is 12.5. The Morgan fingerprint density at radius 2 is 2.00 bits per heavy atom. The standard InChI is InChI=1S/C16H22N2O2/c1-11(2)16(20)9-18(10-16)15(19)14-7-12-5-3-4-6-13(12)8-17-14/h3-6,11,14,17,20H,7-10H2,1-2H3/t14-/m0/s1. The lowest BCUT2D eigenvalue weighted by molar-refractivity contribution is -0.165. The smallest absolute Gasteiger partial charge is 0.240 e. The van der Waals surface area contributed by atoms with Crippen LogP contribution in [0.3, 0.4) is 0 Å². The van der Waals surface area contributed by atoms with E-state index in [1.807, 2.05) is 26.0 Å². The van der Waals surface area contributed by atoms with Gasteiger partial charge in [0.1, 0.15) is 5.60 Å². The lowest BCUT2D eigenvalue weighted by atomic mass is 9.82. The highest BCUT2D eigenvalue weighted by Crippen LogP contribution is 2.29. The fourth-order valence-electron chi connectivity index (χ4n) is 2.99. The molecule has 1 amide bonds. The zero-order valence-electron chi connectivity index (χ0n) is 12.1. The van der Waals surface area contributed by atoms with E-state index in [9.17, 15) is 9.90 Å². The molecule has 2 aliphatic rings. The maximum atomic E-state index is 12.5. The molecule has 1 saturated heterocycles. The highest BCUT2D eigenvalue weighted by atomic mass is 16.3. The fraction of sp³-hybridized carbons (Fsp3) is 0.562. The van der Waals surface area contributed by atoms with Crippen LogP contribution in [0.2, 0.25) is 0 Å². The fourth-order valence-corrected chi connectivity index (χ4v) is 2.99. The highest BCUT2D eigenvalue weighted by Gasteiger charge is 2.47. The molecule has 108 valence electrons. The van der Waals surface area contributed by atoms with Gasteiger partial charge in [0.15, 0.2) is 0 Å². The molecule has 2 heterocycles. The average Bonchev–Trinajstić information content (AvgIpc) is 2.42. The molecule has 0 unspecified atom stereocenters. The second-order valence-corrected chi connectivity index (χ2v) is 6.36. The van der Waals surface area contributed by atoms with Crippen molar-refractivity contribution >= 4 is 5.91 Å². The Bertz CT molecular complexity index is 521. The second-order valence-electron chi connectivity index (χ2n) is 6.36. The minimum atomic E-state index is -0.692. The van der Waals surface area contributed by atoms with Gasteiger partial charge in [0, 0.05) is 6.54 Å². The van der Waals surface area contributed by atoms with Crippen LogP contribution in [0.1, 0.15) is 25.0 Å². The van der Waals surface area contributed by atoms with Crippen LogP contribution in [-0.2, 0) is 17.8 Å². The van der Waals surface area contributed by atoms with Crippen LogP contribution >= 0.6 is 0 Å². The molecule has 0 spiro atoms. The van der Waals surface area contributed by atoms with E-state index in [2.05, 4.69) is 17.4 Å². The van der Waals surface area contributed by atoms with E-state index in [0.717, 1.165) is 13.0 Å². The number of benzene rings is 1. The molecule has 4 heteroatoms. The van der Waals surface area contributed by atoms with E-state index in [4.69, 9.17) is 0 Å². The predicted molar refractivity (Wildman–Crippen MR) is 77.1 cm³/mol. The molecule has 0 aliphatic carbocycles. The average molecular weight is 274 g/mol. The lowest BCUT2D eigenvalue weighted by Crippen LogP contribution is -2.68. The van der Waals surface area contributed by atoms with Gasteiger partial charge in [-0.3, -0.25) is 4.79 Å². The summed E-state index contributed by atoms with van der Waals surface area (Å²) in [5.41, 5.74) is 1.84. The molecule has 4 nitrogen and oxygen atoms in total. The molecule has 1 fully saturated rings. The Kier molecular flexibility index (Phi) is 3.30. The van der Waals surface area contributed by atoms with Crippen molar-refractivity contribution in [2.75, 3.05) is 13.1 Å². The number of rotatable bonds is 2. The van der Waals surface area contributed by atoms with Crippen molar-refractivity contribution < 1.29 is 9.90 Å². The number of likely N-dealkylation sites (tertiary alicyclic amines) is 1. The third kappa shape index (κ3) is 2.23. The van der Waals surface area contributed by atoms with Gasteiger partial charge >= 0.3 is 0 Å². The van der Waals surface area contributed by atoms with Crippen molar-refractivity contribution in [1.29, 1.82) is 0 Å². The molecule has 0 radical (unpaired) electrons. The number of carbonyl (C=O) groups is 1. The monoisotopic (exact) mass is 274 g/mol. The molecule has 1 atom stereocenters. The zero-order chi connectivity index (χ0) is 14.3. The quantitative estimate of drug-likeness (QED) is 0.843. The molecule has 0 bridgehead atoms. The minimum Gasteiger partial charge on any atom is -0.386 e. The summed E-state index contributed by atoms with van der Waals surface area (Å²) >= 11 is 0. The number of hydrogen-bond acceptors (Lipinski definition) is 3. The molecule has 3 rings (SSSR count). The Morgan fingerprint density at radius 1 is 1.35 bits per heavy atom. The van der Waals surface area contributed by atoms with E-state index in [0.29, 0.717) is 13.1 Å². The molecule has 0 aromatic heterocycles. The van der Waals surface area contributed by atoms with E-state index in [-0.39, 0.29) is 17.9 Å². The summed E-state index contributed by atoms with van der Waals surface area (Å²) in [5, 5.41) is 13.6. The first-order valence-electron chi connectivity index (χ1n) is 7.31. The Labute approximate surface area is 119 Å². The number of aliphatic hydroxyl groups is 1. The maximum Gasteiger partial charge on any atom is 0.240 e. The van der Waals surface area contributed by atoms with Crippen LogP contribution in [0.15, 0.2) is 24.3 Å². The number of nitrogens with zero attached hydrogens (tertiary/aromatic N) is 1. The predicted octanol–water partition coefficient (Wildman–Crippen LogP) is 0.930. The van der Waals surface area contributed by atoms with Crippen molar-refractivity contribution in [3.63, 3.8) is 0 Å². The van der Waals surface area contributed by atoms with Crippen molar-refractivity contribution in [3.05, 3.63) is 35.4 Å². The summed E-state index contributed by atoms with van der Waals surface area (Å²) in [6, 6.07) is 8.09. The number of carbonyl (C=O) groups excluding carboxylic acids is 1. The van der Waals surface area contributed by atoms with Gasteiger partial charge in [0.05, 0.1) is 19.1 Å². The van der Waals surface area contributed by atoms with Crippen LogP contribution in [0.5, 0.6) is 0 Å². The van der Waals surface area contributed by atoms with Gasteiger partial charge in [0.2, 0.25) is 5.91 Å². The minimum absolute atomic E-state index is 0.116. The van der Waals surface area contributed by atoms with Crippen LogP contribution in [0, 0.1) is 5.92 Å². The molecule has 0 saturated carbocycles. The van der Waals surface area contributed by atoms with Gasteiger partial charge in [-0.2, -0.15) is 0 Å². The van der Waals surface area contributed by atoms with Gasteiger partial charge in [0.25, 0.3) is 0 Å². The summed E-state index contributed by atoms with van der Waals surface area (Å²) < 4.78 is 0. The van der Waals surface area contributed by atoms with Gasteiger partial charge in [-0.25, -0.2) is 0 Å². The Balaban J connectivity index is 1.64. The molecule has 20 heavy (non-hydrogen) atoms. The lowest BCUT2D eigenvalue weighted by Gasteiger charge is -2.50. The molecule has 1 aromatic rings. The first-order valence-corrected chi connectivity index (χ1v) is 7.31. The normalized spacial score (nSPS) is 24.2. The van der Waals surface area contributed by atoms with Gasteiger partial charge in [-0.1, -0.05) is 38.1 Å². The van der Waals surface area contributed by atoms with Crippen LogP contribution in [0.4, 0.5) is 0 Å². The van der Waals surface area contributed by atoms with E-state index in [1.165, 1.54) is 11.1 Å². The summed E-state index contributed by atoms with van der Waals surface area (Å²) in [4.78, 5) is 14.2. The second kappa shape index (κ2) is 4.86. The summed E-state index contributed by atoms with van der Waals surface area (Å²) in [6.45, 7) is 5.66. The first kappa shape index (κ1) is 13.6. The Morgan fingerprint density at radius 3 is 2.65 bits per heavy atom. The van der Waals surface area contributed by atoms with Gasteiger partial charge in [-0.15, -0.1) is 0 Å². The van der Waals surface area contributed by atoms with Gasteiger partial charge < -0.3 is 15.3 Å². The summed E-state index contributed by atoms with van der Waals surface area (Å²) in [7, 11) is 0. The third-order valence-electron chi connectivity index (χ3n) is 4.70. The number of nitrogens with one attached hydrogen (secondary N) is 1. The van der Waals surface area contributed by atoms with E-state index in [1.54, 1.807) is 4.90 Å². The number of amides is 1. The number of β-amino-alcohol motifs (C(OH)–C–C–N with tert-alkyl or cyclic N) is 1.